The maximum absolute atomic E-state index is 12.6. The Balaban J connectivity index is 2.19. The van der Waals surface area contributed by atoms with Crippen LogP contribution in [-0.2, 0) is 16.0 Å². The number of esters is 1. The van der Waals surface area contributed by atoms with Gasteiger partial charge < -0.3 is 19.4 Å². The van der Waals surface area contributed by atoms with Crippen molar-refractivity contribution in [3.05, 3.63) is 23.7 Å². The molecule has 20 heavy (non-hydrogen) atoms. The zero-order chi connectivity index (χ0) is 14.5. The van der Waals surface area contributed by atoms with Crippen molar-refractivity contribution < 1.29 is 18.7 Å². The first-order valence-electron chi connectivity index (χ1n) is 6.93. The number of nitrogens with zero attached hydrogens (tertiary/aromatic N) is 1. The van der Waals surface area contributed by atoms with E-state index >= 15 is 0 Å². The van der Waals surface area contributed by atoms with Crippen molar-refractivity contribution in [2.24, 2.45) is 0 Å². The third kappa shape index (κ3) is 2.85. The zero-order valence-electron chi connectivity index (χ0n) is 11.8. The Labute approximate surface area is 118 Å². The van der Waals surface area contributed by atoms with Crippen LogP contribution in [0.2, 0.25) is 0 Å². The van der Waals surface area contributed by atoms with Gasteiger partial charge in [-0.3, -0.25) is 4.79 Å². The van der Waals surface area contributed by atoms with Crippen LogP contribution in [-0.4, -0.2) is 49.1 Å². The monoisotopic (exact) mass is 280 g/mol. The number of aryl methyl sites for hydroxylation is 1. The quantitative estimate of drug-likeness (QED) is 0.827. The molecule has 6 heteroatoms. The van der Waals surface area contributed by atoms with Crippen molar-refractivity contribution in [3.8, 4) is 0 Å². The van der Waals surface area contributed by atoms with Gasteiger partial charge in [-0.2, -0.15) is 0 Å². The maximum Gasteiger partial charge on any atom is 0.330 e. The fourth-order valence-electron chi connectivity index (χ4n) is 2.36. The molecular formula is C14H20N2O4. The van der Waals surface area contributed by atoms with E-state index < -0.39 is 6.04 Å². The molecule has 1 aromatic rings. The van der Waals surface area contributed by atoms with Gasteiger partial charge in [-0.05, 0) is 13.0 Å². The Bertz CT molecular complexity index is 483. The van der Waals surface area contributed by atoms with Crippen molar-refractivity contribution in [1.29, 1.82) is 0 Å². The van der Waals surface area contributed by atoms with Gasteiger partial charge in [0.1, 0.15) is 11.8 Å². The number of piperazine rings is 1. The highest BCUT2D eigenvalue weighted by atomic mass is 16.5. The molecule has 1 aliphatic heterocycles. The molecule has 1 unspecified atom stereocenters. The molecule has 1 aromatic heterocycles. The van der Waals surface area contributed by atoms with E-state index in [9.17, 15) is 9.59 Å². The number of rotatable bonds is 4. The van der Waals surface area contributed by atoms with Crippen molar-refractivity contribution in [1.82, 2.24) is 10.2 Å². The predicted octanol–water partition coefficient (Wildman–Crippen LogP) is 0.819. The summed E-state index contributed by atoms with van der Waals surface area (Å²) in [6.45, 7) is 5.56. The van der Waals surface area contributed by atoms with Gasteiger partial charge in [0, 0.05) is 26.1 Å². The van der Waals surface area contributed by atoms with Gasteiger partial charge in [0.2, 0.25) is 0 Å². The molecule has 0 spiro atoms. The molecule has 0 aliphatic carbocycles. The summed E-state index contributed by atoms with van der Waals surface area (Å²) in [5, 5.41) is 3.11. The second kappa shape index (κ2) is 6.56. The van der Waals surface area contributed by atoms with E-state index in [1.54, 1.807) is 17.9 Å². The van der Waals surface area contributed by atoms with Crippen LogP contribution in [0.1, 0.15) is 30.0 Å². The molecule has 1 N–H and O–H groups in total. The SMILES string of the molecule is CCOC(=O)C1CNCCN1C(=O)c1ccoc1CC. The van der Waals surface area contributed by atoms with Gasteiger partial charge in [-0.1, -0.05) is 6.92 Å². The van der Waals surface area contributed by atoms with Gasteiger partial charge in [0.25, 0.3) is 5.91 Å². The minimum atomic E-state index is -0.573. The molecule has 1 atom stereocenters. The summed E-state index contributed by atoms with van der Waals surface area (Å²) >= 11 is 0. The highest BCUT2D eigenvalue weighted by Crippen LogP contribution is 2.17. The van der Waals surface area contributed by atoms with Gasteiger partial charge in [-0.15, -0.1) is 0 Å². The summed E-state index contributed by atoms with van der Waals surface area (Å²) < 4.78 is 10.3. The second-order valence-electron chi connectivity index (χ2n) is 4.58. The van der Waals surface area contributed by atoms with E-state index in [0.717, 1.165) is 0 Å². The minimum absolute atomic E-state index is 0.171. The van der Waals surface area contributed by atoms with Gasteiger partial charge in [0.15, 0.2) is 0 Å². The smallest absolute Gasteiger partial charge is 0.330 e. The Hall–Kier alpha value is -1.82. The highest BCUT2D eigenvalue weighted by Gasteiger charge is 2.34. The first-order chi connectivity index (χ1) is 9.69. The summed E-state index contributed by atoms with van der Waals surface area (Å²) in [6, 6.07) is 1.08. The highest BCUT2D eigenvalue weighted by molar-refractivity contribution is 5.97. The second-order valence-corrected chi connectivity index (χ2v) is 4.58. The summed E-state index contributed by atoms with van der Waals surface area (Å²) in [7, 11) is 0. The van der Waals surface area contributed by atoms with E-state index in [2.05, 4.69) is 5.32 Å². The molecule has 0 bridgehead atoms. The third-order valence-electron chi connectivity index (χ3n) is 3.36. The van der Waals surface area contributed by atoms with Crippen molar-refractivity contribution in [3.63, 3.8) is 0 Å². The Morgan fingerprint density at radius 2 is 2.30 bits per heavy atom. The number of hydrogen-bond donors (Lipinski definition) is 1. The summed E-state index contributed by atoms with van der Waals surface area (Å²) in [6.07, 6.45) is 2.15. The zero-order valence-corrected chi connectivity index (χ0v) is 11.8. The number of ether oxygens (including phenoxy) is 1. The molecule has 1 amide bonds. The summed E-state index contributed by atoms with van der Waals surface area (Å²) in [4.78, 5) is 26.1. The number of carbonyl (C=O) groups excluding carboxylic acids is 2. The Morgan fingerprint density at radius 3 is 3.00 bits per heavy atom. The molecule has 110 valence electrons. The fraction of sp³-hybridized carbons (Fsp3) is 0.571. The number of carbonyl (C=O) groups is 2. The lowest BCUT2D eigenvalue weighted by Gasteiger charge is -2.34. The standard InChI is InChI=1S/C14H20N2O4/c1-3-12-10(5-8-20-12)13(17)16-7-6-15-9-11(16)14(18)19-4-2/h5,8,11,15H,3-4,6-7,9H2,1-2H3. The maximum atomic E-state index is 12.6. The Kier molecular flexibility index (Phi) is 4.79. The Morgan fingerprint density at radius 1 is 1.50 bits per heavy atom. The summed E-state index contributed by atoms with van der Waals surface area (Å²) in [5.41, 5.74) is 0.531. The molecule has 1 saturated heterocycles. The lowest BCUT2D eigenvalue weighted by molar-refractivity contribution is -0.149. The van der Waals surface area contributed by atoms with E-state index in [1.807, 2.05) is 6.92 Å². The lowest BCUT2D eigenvalue weighted by atomic mass is 10.1. The van der Waals surface area contributed by atoms with Gasteiger partial charge >= 0.3 is 5.97 Å². The molecule has 2 rings (SSSR count). The van der Waals surface area contributed by atoms with Crippen LogP contribution < -0.4 is 5.32 Å². The van der Waals surface area contributed by atoms with Crippen molar-refractivity contribution in [2.45, 2.75) is 26.3 Å². The first kappa shape index (κ1) is 14.6. The first-order valence-corrected chi connectivity index (χ1v) is 6.93. The topological polar surface area (TPSA) is 71.8 Å². The minimum Gasteiger partial charge on any atom is -0.469 e. The number of amides is 1. The van der Waals surface area contributed by atoms with Gasteiger partial charge in [-0.25, -0.2) is 4.79 Å². The van der Waals surface area contributed by atoms with E-state index in [-0.39, 0.29) is 11.9 Å². The number of hydrogen-bond acceptors (Lipinski definition) is 5. The number of furan rings is 1. The van der Waals surface area contributed by atoms with Crippen molar-refractivity contribution >= 4 is 11.9 Å². The van der Waals surface area contributed by atoms with Crippen LogP contribution >= 0.6 is 0 Å². The normalized spacial score (nSPS) is 18.9. The van der Waals surface area contributed by atoms with Gasteiger partial charge in [0.05, 0.1) is 18.4 Å². The molecule has 0 radical (unpaired) electrons. The number of nitrogens with one attached hydrogen (secondary N) is 1. The van der Waals surface area contributed by atoms with Crippen LogP contribution in [0.4, 0.5) is 0 Å². The molecule has 0 aromatic carbocycles. The predicted molar refractivity (Wildman–Crippen MR) is 72.4 cm³/mol. The average Bonchev–Trinajstić information content (AvgIpc) is 2.95. The molecular weight excluding hydrogens is 260 g/mol. The van der Waals surface area contributed by atoms with E-state index in [4.69, 9.17) is 9.15 Å². The molecule has 1 aliphatic rings. The molecule has 6 nitrogen and oxygen atoms in total. The van der Waals surface area contributed by atoms with E-state index in [1.165, 1.54) is 6.26 Å². The van der Waals surface area contributed by atoms with Crippen LogP contribution in [0.3, 0.4) is 0 Å². The van der Waals surface area contributed by atoms with Crippen LogP contribution in [0, 0.1) is 0 Å². The molecule has 2 heterocycles. The lowest BCUT2D eigenvalue weighted by Crippen LogP contribution is -2.57. The fourth-order valence-corrected chi connectivity index (χ4v) is 2.36. The van der Waals surface area contributed by atoms with Crippen LogP contribution in [0.15, 0.2) is 16.7 Å². The summed E-state index contributed by atoms with van der Waals surface area (Å²) in [5.74, 6) is 0.112. The van der Waals surface area contributed by atoms with E-state index in [0.29, 0.717) is 44.0 Å². The molecule has 1 fully saturated rings. The third-order valence-corrected chi connectivity index (χ3v) is 3.36. The van der Waals surface area contributed by atoms with Crippen LogP contribution in [0.5, 0.6) is 0 Å². The largest absolute Gasteiger partial charge is 0.469 e. The van der Waals surface area contributed by atoms with Crippen molar-refractivity contribution in [2.75, 3.05) is 26.2 Å². The van der Waals surface area contributed by atoms with Crippen LogP contribution in [0.25, 0.3) is 0 Å². The molecule has 0 saturated carbocycles. The average molecular weight is 280 g/mol.